The molecule has 1 saturated heterocycles. The van der Waals surface area contributed by atoms with Crippen LogP contribution in [0.1, 0.15) is 40.3 Å². The molecule has 0 saturated carbocycles. The molecular weight excluding hydrogens is 280 g/mol. The Labute approximate surface area is 129 Å². The Kier molecular flexibility index (Phi) is 4.34. The van der Waals surface area contributed by atoms with Gasteiger partial charge in [-0.2, -0.15) is 0 Å². The largest absolute Gasteiger partial charge is 0.334 e. The van der Waals surface area contributed by atoms with Gasteiger partial charge in [0, 0.05) is 18.0 Å². The number of thiazole rings is 1. The van der Waals surface area contributed by atoms with Crippen molar-refractivity contribution in [1.29, 1.82) is 0 Å². The SMILES string of the molecule is Cc1nc(C(=O)N2CCCC2CCc2ccccc2)cs1. The Morgan fingerprint density at radius 1 is 1.38 bits per heavy atom. The number of benzene rings is 1. The second-order valence-electron chi connectivity index (χ2n) is 5.57. The lowest BCUT2D eigenvalue weighted by Crippen LogP contribution is -2.36. The van der Waals surface area contributed by atoms with Gasteiger partial charge in [0.1, 0.15) is 5.69 Å². The molecule has 1 amide bonds. The highest BCUT2D eigenvalue weighted by Crippen LogP contribution is 2.24. The number of carbonyl (C=O) groups excluding carboxylic acids is 1. The Hall–Kier alpha value is -1.68. The predicted molar refractivity (Wildman–Crippen MR) is 85.7 cm³/mol. The molecule has 0 N–H and O–H groups in total. The number of carbonyl (C=O) groups is 1. The first-order valence-corrected chi connectivity index (χ1v) is 8.39. The van der Waals surface area contributed by atoms with Crippen LogP contribution in [0.5, 0.6) is 0 Å². The summed E-state index contributed by atoms with van der Waals surface area (Å²) in [6.45, 7) is 2.81. The van der Waals surface area contributed by atoms with E-state index in [-0.39, 0.29) is 5.91 Å². The van der Waals surface area contributed by atoms with Crippen LogP contribution >= 0.6 is 11.3 Å². The molecule has 110 valence electrons. The van der Waals surface area contributed by atoms with E-state index in [4.69, 9.17) is 0 Å². The van der Waals surface area contributed by atoms with Gasteiger partial charge in [-0.05, 0) is 38.2 Å². The minimum absolute atomic E-state index is 0.106. The van der Waals surface area contributed by atoms with Crippen LogP contribution in [0.15, 0.2) is 35.7 Å². The number of hydrogen-bond acceptors (Lipinski definition) is 3. The summed E-state index contributed by atoms with van der Waals surface area (Å²) in [7, 11) is 0. The summed E-state index contributed by atoms with van der Waals surface area (Å²) in [6, 6.07) is 10.9. The molecule has 1 aliphatic rings. The highest BCUT2D eigenvalue weighted by molar-refractivity contribution is 7.09. The smallest absolute Gasteiger partial charge is 0.273 e. The molecule has 1 aromatic carbocycles. The lowest BCUT2D eigenvalue weighted by molar-refractivity contribution is 0.0725. The lowest BCUT2D eigenvalue weighted by Gasteiger charge is -2.24. The number of aromatic nitrogens is 1. The zero-order valence-electron chi connectivity index (χ0n) is 12.3. The van der Waals surface area contributed by atoms with Gasteiger partial charge in [0.05, 0.1) is 5.01 Å². The molecule has 1 fully saturated rings. The molecule has 4 heteroatoms. The topological polar surface area (TPSA) is 33.2 Å². The number of aryl methyl sites for hydroxylation is 2. The van der Waals surface area contributed by atoms with Crippen molar-refractivity contribution in [2.24, 2.45) is 0 Å². The molecule has 2 aromatic rings. The maximum atomic E-state index is 12.6. The van der Waals surface area contributed by atoms with Gasteiger partial charge in [0.15, 0.2) is 0 Å². The molecule has 0 bridgehead atoms. The monoisotopic (exact) mass is 300 g/mol. The highest BCUT2D eigenvalue weighted by Gasteiger charge is 2.30. The zero-order chi connectivity index (χ0) is 14.7. The van der Waals surface area contributed by atoms with Gasteiger partial charge in [0.25, 0.3) is 5.91 Å². The average Bonchev–Trinajstić information content (AvgIpc) is 3.14. The van der Waals surface area contributed by atoms with Crippen LogP contribution in [-0.2, 0) is 6.42 Å². The maximum Gasteiger partial charge on any atom is 0.273 e. The summed E-state index contributed by atoms with van der Waals surface area (Å²) in [4.78, 5) is 18.9. The molecule has 1 aliphatic heterocycles. The Balaban J connectivity index is 1.64. The Bertz CT molecular complexity index is 608. The van der Waals surface area contributed by atoms with Gasteiger partial charge >= 0.3 is 0 Å². The van der Waals surface area contributed by atoms with Crippen molar-refractivity contribution in [3.05, 3.63) is 52.0 Å². The molecule has 0 aliphatic carbocycles. The van der Waals surface area contributed by atoms with E-state index in [9.17, 15) is 4.79 Å². The van der Waals surface area contributed by atoms with Crippen molar-refractivity contribution >= 4 is 17.2 Å². The minimum atomic E-state index is 0.106. The van der Waals surface area contributed by atoms with E-state index in [1.165, 1.54) is 5.56 Å². The Morgan fingerprint density at radius 3 is 2.90 bits per heavy atom. The van der Waals surface area contributed by atoms with Crippen LogP contribution < -0.4 is 0 Å². The second kappa shape index (κ2) is 6.39. The molecule has 1 aromatic heterocycles. The third-order valence-corrected chi connectivity index (χ3v) is 4.86. The fraction of sp³-hybridized carbons (Fsp3) is 0.412. The van der Waals surface area contributed by atoms with Gasteiger partial charge < -0.3 is 4.90 Å². The second-order valence-corrected chi connectivity index (χ2v) is 6.63. The summed E-state index contributed by atoms with van der Waals surface area (Å²) in [5, 5.41) is 2.84. The van der Waals surface area contributed by atoms with Crippen LogP contribution in [0, 0.1) is 6.92 Å². The van der Waals surface area contributed by atoms with Crippen molar-refractivity contribution in [3.63, 3.8) is 0 Å². The van der Waals surface area contributed by atoms with Crippen LogP contribution in [0.2, 0.25) is 0 Å². The van der Waals surface area contributed by atoms with Crippen LogP contribution in [-0.4, -0.2) is 28.4 Å². The molecule has 3 nitrogen and oxygen atoms in total. The number of likely N-dealkylation sites (tertiary alicyclic amines) is 1. The van der Waals surface area contributed by atoms with Crippen molar-refractivity contribution in [1.82, 2.24) is 9.88 Å². The van der Waals surface area contributed by atoms with Crippen molar-refractivity contribution < 1.29 is 4.79 Å². The van der Waals surface area contributed by atoms with Crippen LogP contribution in [0.25, 0.3) is 0 Å². The normalized spacial score (nSPS) is 18.1. The van der Waals surface area contributed by atoms with E-state index in [2.05, 4.69) is 29.2 Å². The summed E-state index contributed by atoms with van der Waals surface area (Å²) in [5.41, 5.74) is 1.96. The molecule has 0 spiro atoms. The zero-order valence-corrected chi connectivity index (χ0v) is 13.1. The summed E-state index contributed by atoms with van der Waals surface area (Å²) < 4.78 is 0. The number of rotatable bonds is 4. The molecule has 1 atom stereocenters. The summed E-state index contributed by atoms with van der Waals surface area (Å²) >= 11 is 1.54. The third-order valence-electron chi connectivity index (χ3n) is 4.09. The summed E-state index contributed by atoms with van der Waals surface area (Å²) in [5.74, 6) is 0.106. The van der Waals surface area contributed by atoms with E-state index < -0.39 is 0 Å². The fourth-order valence-electron chi connectivity index (χ4n) is 2.99. The first-order valence-electron chi connectivity index (χ1n) is 7.51. The van der Waals surface area contributed by atoms with E-state index >= 15 is 0 Å². The molecule has 1 unspecified atom stereocenters. The first-order chi connectivity index (χ1) is 10.2. The third kappa shape index (κ3) is 3.32. The highest BCUT2D eigenvalue weighted by atomic mass is 32.1. The van der Waals surface area contributed by atoms with Gasteiger partial charge in [-0.1, -0.05) is 30.3 Å². The van der Waals surface area contributed by atoms with Gasteiger partial charge in [0.2, 0.25) is 0 Å². The Morgan fingerprint density at radius 2 is 2.19 bits per heavy atom. The first kappa shape index (κ1) is 14.3. The predicted octanol–water partition coefficient (Wildman–Crippen LogP) is 3.69. The molecule has 0 radical (unpaired) electrons. The average molecular weight is 300 g/mol. The number of hydrogen-bond donors (Lipinski definition) is 0. The maximum absolute atomic E-state index is 12.6. The van der Waals surface area contributed by atoms with Crippen LogP contribution in [0.4, 0.5) is 0 Å². The number of nitrogens with zero attached hydrogens (tertiary/aromatic N) is 2. The molecular formula is C17H20N2OS. The quantitative estimate of drug-likeness (QED) is 0.863. The molecule has 3 rings (SSSR count). The lowest BCUT2D eigenvalue weighted by atomic mass is 10.0. The summed E-state index contributed by atoms with van der Waals surface area (Å²) in [6.07, 6.45) is 4.29. The van der Waals surface area contributed by atoms with Gasteiger partial charge in [-0.3, -0.25) is 4.79 Å². The van der Waals surface area contributed by atoms with Crippen molar-refractivity contribution in [3.8, 4) is 0 Å². The van der Waals surface area contributed by atoms with Crippen molar-refractivity contribution in [2.45, 2.75) is 38.6 Å². The van der Waals surface area contributed by atoms with E-state index in [1.54, 1.807) is 11.3 Å². The van der Waals surface area contributed by atoms with Crippen LogP contribution in [0.3, 0.4) is 0 Å². The van der Waals surface area contributed by atoms with E-state index in [1.807, 2.05) is 23.3 Å². The van der Waals surface area contributed by atoms with E-state index in [0.29, 0.717) is 11.7 Å². The van der Waals surface area contributed by atoms with Gasteiger partial charge in [-0.15, -0.1) is 11.3 Å². The minimum Gasteiger partial charge on any atom is -0.334 e. The molecule has 2 heterocycles. The number of amides is 1. The standard InChI is InChI=1S/C17H20N2OS/c1-13-18-16(12-21-13)17(20)19-11-5-8-15(19)10-9-14-6-3-2-4-7-14/h2-4,6-7,12,15H,5,8-11H2,1H3. The molecule has 21 heavy (non-hydrogen) atoms. The van der Waals surface area contributed by atoms with Gasteiger partial charge in [-0.25, -0.2) is 4.98 Å². The fourth-order valence-corrected chi connectivity index (χ4v) is 3.58. The van der Waals surface area contributed by atoms with Crippen molar-refractivity contribution in [2.75, 3.05) is 6.54 Å². The van der Waals surface area contributed by atoms with E-state index in [0.717, 1.165) is 37.2 Å².